The van der Waals surface area contributed by atoms with Gasteiger partial charge in [-0.1, -0.05) is 31.2 Å². The van der Waals surface area contributed by atoms with E-state index in [2.05, 4.69) is 41.4 Å². The molecule has 1 saturated heterocycles. The van der Waals surface area contributed by atoms with Gasteiger partial charge in [-0.05, 0) is 30.6 Å². The third kappa shape index (κ3) is 4.89. The molecule has 5 heteroatoms. The Morgan fingerprint density at radius 3 is 2.80 bits per heavy atom. The van der Waals surface area contributed by atoms with Crippen molar-refractivity contribution in [1.82, 2.24) is 10.2 Å². The number of hydrogen-bond donors (Lipinski definition) is 1. The first-order valence-corrected chi connectivity index (χ1v) is 9.12. The Morgan fingerprint density at radius 2 is 2.00 bits per heavy atom. The Balaban J connectivity index is 1.95. The maximum absolute atomic E-state index is 11.6. The fraction of sp³-hybridized carbons (Fsp3) is 0.600. The van der Waals surface area contributed by atoms with Crippen molar-refractivity contribution in [1.29, 1.82) is 0 Å². The number of sulfone groups is 1. The van der Waals surface area contributed by atoms with E-state index in [1.807, 2.05) is 0 Å². The summed E-state index contributed by atoms with van der Waals surface area (Å²) in [5.74, 6) is 0.633. The van der Waals surface area contributed by atoms with Gasteiger partial charge in [0.05, 0.1) is 11.5 Å². The van der Waals surface area contributed by atoms with Crippen LogP contribution in [0.1, 0.15) is 24.5 Å². The van der Waals surface area contributed by atoms with Crippen molar-refractivity contribution in [2.75, 3.05) is 31.1 Å². The molecule has 2 rings (SSSR count). The fourth-order valence-corrected chi connectivity index (χ4v) is 3.82. The summed E-state index contributed by atoms with van der Waals surface area (Å²) in [6, 6.07) is 8.53. The van der Waals surface area contributed by atoms with Gasteiger partial charge in [-0.2, -0.15) is 0 Å². The van der Waals surface area contributed by atoms with Gasteiger partial charge in [0.15, 0.2) is 9.84 Å². The average molecular weight is 296 g/mol. The third-order valence-corrected chi connectivity index (χ3v) is 5.34. The van der Waals surface area contributed by atoms with E-state index in [9.17, 15) is 8.42 Å². The molecule has 1 fully saturated rings. The third-order valence-electron chi connectivity index (χ3n) is 3.62. The molecule has 0 radical (unpaired) electrons. The molecule has 1 aliphatic heterocycles. The standard InChI is InChI=1S/C15H24N2O2S/c1-2-16-12-14-5-3-6-15(11-14)13-17-7-4-9-20(18,19)10-8-17/h3,5-6,11,16H,2,4,7-10,12-13H2,1H3. The van der Waals surface area contributed by atoms with Gasteiger partial charge in [0, 0.05) is 19.6 Å². The zero-order chi connectivity index (χ0) is 14.4. The molecule has 1 aromatic rings. The molecule has 1 aliphatic rings. The highest BCUT2D eigenvalue weighted by molar-refractivity contribution is 7.91. The van der Waals surface area contributed by atoms with E-state index in [1.54, 1.807) is 0 Å². The van der Waals surface area contributed by atoms with Gasteiger partial charge in [-0.3, -0.25) is 4.90 Å². The molecular weight excluding hydrogens is 272 g/mol. The van der Waals surface area contributed by atoms with Crippen molar-refractivity contribution in [3.63, 3.8) is 0 Å². The monoisotopic (exact) mass is 296 g/mol. The quantitative estimate of drug-likeness (QED) is 0.893. The molecule has 20 heavy (non-hydrogen) atoms. The first kappa shape index (κ1) is 15.5. The van der Waals surface area contributed by atoms with Crippen molar-refractivity contribution in [2.45, 2.75) is 26.4 Å². The topological polar surface area (TPSA) is 49.4 Å². The van der Waals surface area contributed by atoms with E-state index in [-0.39, 0.29) is 0 Å². The van der Waals surface area contributed by atoms with E-state index in [0.717, 1.165) is 32.6 Å². The number of benzene rings is 1. The number of rotatable bonds is 5. The second-order valence-corrected chi connectivity index (χ2v) is 7.69. The van der Waals surface area contributed by atoms with Crippen LogP contribution in [0.25, 0.3) is 0 Å². The predicted octanol–water partition coefficient (Wildman–Crippen LogP) is 1.42. The minimum Gasteiger partial charge on any atom is -0.313 e. The average Bonchev–Trinajstić information content (AvgIpc) is 2.58. The van der Waals surface area contributed by atoms with Crippen molar-refractivity contribution in [3.05, 3.63) is 35.4 Å². The SMILES string of the molecule is CCNCc1cccc(CN2CCCS(=O)(=O)CC2)c1. The highest BCUT2D eigenvalue weighted by Crippen LogP contribution is 2.12. The summed E-state index contributed by atoms with van der Waals surface area (Å²) in [7, 11) is -2.82. The molecule has 0 saturated carbocycles. The summed E-state index contributed by atoms with van der Waals surface area (Å²) in [5.41, 5.74) is 2.55. The van der Waals surface area contributed by atoms with Crippen molar-refractivity contribution in [2.24, 2.45) is 0 Å². The molecule has 0 bridgehead atoms. The predicted molar refractivity (Wildman–Crippen MR) is 82.4 cm³/mol. The van der Waals surface area contributed by atoms with Crippen molar-refractivity contribution >= 4 is 9.84 Å². The lowest BCUT2D eigenvalue weighted by molar-refractivity contribution is 0.287. The minimum absolute atomic E-state index is 0.296. The highest BCUT2D eigenvalue weighted by Gasteiger charge is 2.18. The fourth-order valence-electron chi connectivity index (χ4n) is 2.51. The molecule has 0 aliphatic carbocycles. The molecule has 112 valence electrons. The second kappa shape index (κ2) is 7.20. The summed E-state index contributed by atoms with van der Waals surface area (Å²) < 4.78 is 23.2. The van der Waals surface area contributed by atoms with Crippen LogP contribution in [0.2, 0.25) is 0 Å². The van der Waals surface area contributed by atoms with Crippen molar-refractivity contribution < 1.29 is 8.42 Å². The summed E-state index contributed by atoms with van der Waals surface area (Å²) in [6.45, 7) is 6.32. The maximum atomic E-state index is 11.6. The van der Waals surface area contributed by atoms with Crippen LogP contribution < -0.4 is 5.32 Å². The molecule has 4 nitrogen and oxygen atoms in total. The normalized spacial score (nSPS) is 19.6. The summed E-state index contributed by atoms with van der Waals surface area (Å²) in [6.07, 6.45) is 0.749. The zero-order valence-electron chi connectivity index (χ0n) is 12.1. The van der Waals surface area contributed by atoms with Crippen LogP contribution >= 0.6 is 0 Å². The molecule has 0 aromatic heterocycles. The molecule has 0 amide bonds. The zero-order valence-corrected chi connectivity index (χ0v) is 13.0. The van der Waals surface area contributed by atoms with E-state index in [1.165, 1.54) is 11.1 Å². The van der Waals surface area contributed by atoms with Gasteiger partial charge in [0.2, 0.25) is 0 Å². The van der Waals surface area contributed by atoms with Gasteiger partial charge in [-0.25, -0.2) is 8.42 Å². The summed E-state index contributed by atoms with van der Waals surface area (Å²) in [5, 5.41) is 3.32. The van der Waals surface area contributed by atoms with Gasteiger partial charge in [-0.15, -0.1) is 0 Å². The molecular formula is C15H24N2O2S. The van der Waals surface area contributed by atoms with Crippen LogP contribution in [0.4, 0.5) is 0 Å². The Bertz CT molecular complexity index is 528. The largest absolute Gasteiger partial charge is 0.313 e. The number of nitrogens with one attached hydrogen (secondary N) is 1. The number of hydrogen-bond acceptors (Lipinski definition) is 4. The van der Waals surface area contributed by atoms with E-state index < -0.39 is 9.84 Å². The molecule has 1 heterocycles. The van der Waals surface area contributed by atoms with E-state index in [4.69, 9.17) is 0 Å². The first-order valence-electron chi connectivity index (χ1n) is 7.30. The molecule has 0 spiro atoms. The van der Waals surface area contributed by atoms with Crippen LogP contribution in [-0.4, -0.2) is 44.5 Å². The second-order valence-electron chi connectivity index (χ2n) is 5.38. The summed E-state index contributed by atoms with van der Waals surface area (Å²) >= 11 is 0. The highest BCUT2D eigenvalue weighted by atomic mass is 32.2. The van der Waals surface area contributed by atoms with Gasteiger partial charge < -0.3 is 5.32 Å². The summed E-state index contributed by atoms with van der Waals surface area (Å²) in [4.78, 5) is 2.25. The lowest BCUT2D eigenvalue weighted by atomic mass is 10.1. The lowest BCUT2D eigenvalue weighted by Gasteiger charge is -2.19. The molecule has 0 unspecified atom stereocenters. The smallest absolute Gasteiger partial charge is 0.151 e. The maximum Gasteiger partial charge on any atom is 0.151 e. The van der Waals surface area contributed by atoms with Gasteiger partial charge in [0.25, 0.3) is 0 Å². The van der Waals surface area contributed by atoms with Crippen LogP contribution in [0, 0.1) is 0 Å². The molecule has 1 N–H and O–H groups in total. The van der Waals surface area contributed by atoms with E-state index in [0.29, 0.717) is 18.1 Å². The van der Waals surface area contributed by atoms with E-state index >= 15 is 0 Å². The number of nitrogens with zero attached hydrogens (tertiary/aromatic N) is 1. The van der Waals surface area contributed by atoms with Gasteiger partial charge >= 0.3 is 0 Å². The van der Waals surface area contributed by atoms with Crippen molar-refractivity contribution in [3.8, 4) is 0 Å². The molecule has 0 atom stereocenters. The van der Waals surface area contributed by atoms with Gasteiger partial charge in [0.1, 0.15) is 0 Å². The Morgan fingerprint density at radius 1 is 1.20 bits per heavy atom. The van der Waals surface area contributed by atoms with Crippen LogP contribution in [-0.2, 0) is 22.9 Å². The van der Waals surface area contributed by atoms with Crippen LogP contribution in [0.3, 0.4) is 0 Å². The Labute approximate surface area is 122 Å². The lowest BCUT2D eigenvalue weighted by Crippen LogP contribution is -2.26. The van der Waals surface area contributed by atoms with Crippen LogP contribution in [0.5, 0.6) is 0 Å². The first-order chi connectivity index (χ1) is 9.59. The molecule has 1 aromatic carbocycles. The Hall–Kier alpha value is -0.910. The Kier molecular flexibility index (Phi) is 5.57. The van der Waals surface area contributed by atoms with Crippen LogP contribution in [0.15, 0.2) is 24.3 Å². The minimum atomic E-state index is -2.82.